The lowest BCUT2D eigenvalue weighted by Crippen LogP contribution is -2.35. The standard InChI is InChI=1S/C14H16N2O2/c1-4-18-10-5-6-12-11(9-10)14(2,7-8-15)13(17)16(12)3/h5-6,9H,4,7H2,1-3H3/t14-/m0/s1. The van der Waals surface area contributed by atoms with Gasteiger partial charge in [-0.2, -0.15) is 5.26 Å². The number of carbonyl (C=O) groups excluding carboxylic acids is 1. The molecule has 1 aromatic carbocycles. The molecule has 1 amide bonds. The van der Waals surface area contributed by atoms with E-state index in [0.717, 1.165) is 17.0 Å². The largest absolute Gasteiger partial charge is 0.494 e. The summed E-state index contributed by atoms with van der Waals surface area (Å²) in [7, 11) is 1.74. The molecule has 1 atom stereocenters. The second-order valence-corrected chi connectivity index (χ2v) is 4.64. The van der Waals surface area contributed by atoms with Crippen molar-refractivity contribution < 1.29 is 9.53 Å². The molecule has 0 radical (unpaired) electrons. The Morgan fingerprint density at radius 1 is 1.50 bits per heavy atom. The number of anilines is 1. The fraction of sp³-hybridized carbons (Fsp3) is 0.429. The molecule has 0 spiro atoms. The summed E-state index contributed by atoms with van der Waals surface area (Å²) in [6, 6.07) is 7.71. The van der Waals surface area contributed by atoms with Crippen molar-refractivity contribution in [3.8, 4) is 11.8 Å². The number of nitriles is 1. The van der Waals surface area contributed by atoms with E-state index in [1.807, 2.05) is 32.0 Å². The van der Waals surface area contributed by atoms with Crippen LogP contribution >= 0.6 is 0 Å². The molecule has 0 unspecified atom stereocenters. The molecular weight excluding hydrogens is 228 g/mol. The van der Waals surface area contributed by atoms with Crippen LogP contribution in [0, 0.1) is 11.3 Å². The Bertz CT molecular complexity index is 533. The molecule has 1 aliphatic rings. The van der Waals surface area contributed by atoms with E-state index in [2.05, 4.69) is 6.07 Å². The molecule has 94 valence electrons. The number of ether oxygens (including phenoxy) is 1. The third-order valence-electron chi connectivity index (χ3n) is 3.44. The maximum absolute atomic E-state index is 12.3. The smallest absolute Gasteiger partial charge is 0.238 e. The number of amides is 1. The van der Waals surface area contributed by atoms with E-state index in [1.54, 1.807) is 11.9 Å². The van der Waals surface area contributed by atoms with Gasteiger partial charge in [0.1, 0.15) is 5.75 Å². The normalized spacial score (nSPS) is 21.7. The van der Waals surface area contributed by atoms with Crippen molar-refractivity contribution in [1.29, 1.82) is 5.26 Å². The van der Waals surface area contributed by atoms with Crippen LogP contribution in [0.1, 0.15) is 25.8 Å². The zero-order valence-electron chi connectivity index (χ0n) is 10.9. The van der Waals surface area contributed by atoms with Gasteiger partial charge in [-0.15, -0.1) is 0 Å². The molecule has 0 fully saturated rings. The van der Waals surface area contributed by atoms with Crippen molar-refractivity contribution in [1.82, 2.24) is 0 Å². The van der Waals surface area contributed by atoms with Crippen LogP contribution in [0.15, 0.2) is 18.2 Å². The lowest BCUT2D eigenvalue weighted by atomic mass is 9.81. The maximum atomic E-state index is 12.3. The van der Waals surface area contributed by atoms with E-state index < -0.39 is 5.41 Å². The van der Waals surface area contributed by atoms with Crippen molar-refractivity contribution in [2.45, 2.75) is 25.7 Å². The predicted molar refractivity (Wildman–Crippen MR) is 68.6 cm³/mol. The summed E-state index contributed by atoms with van der Waals surface area (Å²) in [5.74, 6) is 0.705. The number of rotatable bonds is 3. The molecule has 1 aromatic rings. The predicted octanol–water partition coefficient (Wildman–Crippen LogP) is 2.23. The van der Waals surface area contributed by atoms with Gasteiger partial charge in [-0.05, 0) is 37.6 Å². The minimum Gasteiger partial charge on any atom is -0.494 e. The van der Waals surface area contributed by atoms with E-state index in [4.69, 9.17) is 10.00 Å². The van der Waals surface area contributed by atoms with Crippen LogP contribution in [0.2, 0.25) is 0 Å². The Labute approximate surface area is 107 Å². The maximum Gasteiger partial charge on any atom is 0.238 e. The topological polar surface area (TPSA) is 53.3 Å². The third-order valence-corrected chi connectivity index (χ3v) is 3.44. The van der Waals surface area contributed by atoms with Gasteiger partial charge in [-0.3, -0.25) is 4.79 Å². The second-order valence-electron chi connectivity index (χ2n) is 4.64. The average Bonchev–Trinajstić information content (AvgIpc) is 2.53. The number of nitrogens with zero attached hydrogens (tertiary/aromatic N) is 2. The van der Waals surface area contributed by atoms with E-state index in [0.29, 0.717) is 6.61 Å². The Morgan fingerprint density at radius 3 is 2.83 bits per heavy atom. The summed E-state index contributed by atoms with van der Waals surface area (Å²) in [5, 5.41) is 8.94. The monoisotopic (exact) mass is 244 g/mol. The van der Waals surface area contributed by atoms with Crippen LogP contribution in [0.3, 0.4) is 0 Å². The van der Waals surface area contributed by atoms with Crippen molar-refractivity contribution in [3.63, 3.8) is 0 Å². The molecule has 0 bridgehead atoms. The molecule has 4 heteroatoms. The first-order valence-corrected chi connectivity index (χ1v) is 5.97. The van der Waals surface area contributed by atoms with Gasteiger partial charge in [-0.1, -0.05) is 0 Å². The van der Waals surface area contributed by atoms with Crippen LogP contribution in [-0.4, -0.2) is 19.6 Å². The molecule has 1 heterocycles. The first kappa shape index (κ1) is 12.4. The van der Waals surface area contributed by atoms with Crippen LogP contribution in [0.25, 0.3) is 0 Å². The Kier molecular flexibility index (Phi) is 3.00. The van der Waals surface area contributed by atoms with Gasteiger partial charge in [0.25, 0.3) is 0 Å². The Hall–Kier alpha value is -2.02. The summed E-state index contributed by atoms with van der Waals surface area (Å²) in [4.78, 5) is 13.9. The number of hydrogen-bond acceptors (Lipinski definition) is 3. The van der Waals surface area contributed by atoms with Crippen molar-refractivity contribution in [2.24, 2.45) is 0 Å². The highest BCUT2D eigenvalue weighted by Crippen LogP contribution is 2.44. The highest BCUT2D eigenvalue weighted by molar-refractivity contribution is 6.07. The van der Waals surface area contributed by atoms with Crippen molar-refractivity contribution in [2.75, 3.05) is 18.6 Å². The van der Waals surface area contributed by atoms with E-state index >= 15 is 0 Å². The van der Waals surface area contributed by atoms with Crippen LogP contribution < -0.4 is 9.64 Å². The zero-order valence-corrected chi connectivity index (χ0v) is 10.9. The summed E-state index contributed by atoms with van der Waals surface area (Å²) < 4.78 is 5.46. The first-order chi connectivity index (χ1) is 8.54. The minimum absolute atomic E-state index is 0.0345. The molecule has 0 N–H and O–H groups in total. The fourth-order valence-electron chi connectivity index (χ4n) is 2.43. The summed E-state index contributed by atoms with van der Waals surface area (Å²) >= 11 is 0. The highest BCUT2D eigenvalue weighted by atomic mass is 16.5. The van der Waals surface area contributed by atoms with Gasteiger partial charge in [-0.25, -0.2) is 0 Å². The molecule has 0 aromatic heterocycles. The number of hydrogen-bond donors (Lipinski definition) is 0. The third kappa shape index (κ3) is 1.63. The molecule has 4 nitrogen and oxygen atoms in total. The average molecular weight is 244 g/mol. The lowest BCUT2D eigenvalue weighted by molar-refractivity contribution is -0.122. The number of fused-ring (bicyclic) bond motifs is 1. The quantitative estimate of drug-likeness (QED) is 0.819. The van der Waals surface area contributed by atoms with Crippen LogP contribution in [0.5, 0.6) is 5.75 Å². The lowest BCUT2D eigenvalue weighted by Gasteiger charge is -2.19. The number of likely N-dealkylation sites (N-methyl/N-ethyl adjacent to an activating group) is 1. The first-order valence-electron chi connectivity index (χ1n) is 5.97. The summed E-state index contributed by atoms with van der Waals surface area (Å²) in [5.41, 5.74) is 0.982. The molecule has 18 heavy (non-hydrogen) atoms. The molecule has 1 aliphatic heterocycles. The van der Waals surface area contributed by atoms with Crippen molar-refractivity contribution in [3.05, 3.63) is 23.8 Å². The zero-order chi connectivity index (χ0) is 13.3. The van der Waals surface area contributed by atoms with Gasteiger partial charge in [0, 0.05) is 12.7 Å². The number of benzene rings is 1. The summed E-state index contributed by atoms with van der Waals surface area (Å²) in [6.45, 7) is 4.31. The number of carbonyl (C=O) groups is 1. The van der Waals surface area contributed by atoms with Crippen LogP contribution in [0.4, 0.5) is 5.69 Å². The minimum atomic E-state index is -0.758. The van der Waals surface area contributed by atoms with Crippen molar-refractivity contribution >= 4 is 11.6 Å². The molecule has 0 aliphatic carbocycles. The Morgan fingerprint density at radius 2 is 2.22 bits per heavy atom. The second kappa shape index (κ2) is 4.34. The summed E-state index contributed by atoms with van der Waals surface area (Å²) in [6.07, 6.45) is 0.179. The van der Waals surface area contributed by atoms with E-state index in [9.17, 15) is 4.79 Å². The van der Waals surface area contributed by atoms with Gasteiger partial charge in [0.15, 0.2) is 0 Å². The van der Waals surface area contributed by atoms with E-state index in [-0.39, 0.29) is 12.3 Å². The SMILES string of the molecule is CCOc1ccc2c(c1)[C@](C)(CC#N)C(=O)N2C. The van der Waals surface area contributed by atoms with Crippen LogP contribution in [-0.2, 0) is 10.2 Å². The molecule has 0 saturated heterocycles. The molecule has 2 rings (SSSR count). The van der Waals surface area contributed by atoms with E-state index in [1.165, 1.54) is 0 Å². The van der Waals surface area contributed by atoms with Gasteiger partial charge in [0.2, 0.25) is 5.91 Å². The molecule has 0 saturated carbocycles. The Balaban J connectivity index is 2.54. The van der Waals surface area contributed by atoms with Gasteiger partial charge >= 0.3 is 0 Å². The van der Waals surface area contributed by atoms with Gasteiger partial charge in [0.05, 0.1) is 24.5 Å². The fourth-order valence-corrected chi connectivity index (χ4v) is 2.43. The molecular formula is C14H16N2O2. The van der Waals surface area contributed by atoms with Gasteiger partial charge < -0.3 is 9.64 Å². The highest BCUT2D eigenvalue weighted by Gasteiger charge is 2.46.